The van der Waals surface area contributed by atoms with Crippen molar-refractivity contribution in [3.8, 4) is 0 Å². The fraction of sp³-hybridized carbons (Fsp3) is 0.778. The second-order valence-electron chi connectivity index (χ2n) is 6.46. The van der Waals surface area contributed by atoms with E-state index in [0.717, 1.165) is 42.9 Å². The SMILES string of the molecule is CCNC(=NCCC1CCN(CC)CC1)NCCc1csc(C)n1. The molecule has 1 aromatic rings. The standard InChI is InChI=1S/C18H33N5S/c1-4-19-18(21-11-7-17-14-24-15(3)22-17)20-10-6-16-8-12-23(5-2)13-9-16/h14,16H,4-13H2,1-3H3,(H2,19,20,21). The highest BCUT2D eigenvalue weighted by molar-refractivity contribution is 7.09. The van der Waals surface area contributed by atoms with Crippen molar-refractivity contribution in [2.24, 2.45) is 10.9 Å². The van der Waals surface area contributed by atoms with Crippen LogP contribution in [-0.4, -0.2) is 55.1 Å². The van der Waals surface area contributed by atoms with E-state index in [9.17, 15) is 0 Å². The fourth-order valence-electron chi connectivity index (χ4n) is 3.12. The maximum atomic E-state index is 4.75. The van der Waals surface area contributed by atoms with Crippen LogP contribution in [0.25, 0.3) is 0 Å². The number of hydrogen-bond donors (Lipinski definition) is 2. The first-order valence-electron chi connectivity index (χ1n) is 9.36. The number of hydrogen-bond acceptors (Lipinski definition) is 4. The van der Waals surface area contributed by atoms with E-state index in [1.165, 1.54) is 44.6 Å². The summed E-state index contributed by atoms with van der Waals surface area (Å²) in [6.07, 6.45) is 4.82. The van der Waals surface area contributed by atoms with E-state index in [4.69, 9.17) is 4.99 Å². The van der Waals surface area contributed by atoms with E-state index in [1.807, 2.05) is 0 Å². The number of nitrogens with one attached hydrogen (secondary N) is 2. The van der Waals surface area contributed by atoms with E-state index in [1.54, 1.807) is 11.3 Å². The Labute approximate surface area is 151 Å². The Bertz CT molecular complexity index is 491. The van der Waals surface area contributed by atoms with Crippen molar-refractivity contribution in [3.05, 3.63) is 16.1 Å². The summed E-state index contributed by atoms with van der Waals surface area (Å²) >= 11 is 1.72. The van der Waals surface area contributed by atoms with Crippen molar-refractivity contribution < 1.29 is 0 Å². The zero-order valence-corrected chi connectivity index (χ0v) is 16.3. The summed E-state index contributed by atoms with van der Waals surface area (Å²) in [6, 6.07) is 0. The number of aryl methyl sites for hydroxylation is 1. The van der Waals surface area contributed by atoms with Gasteiger partial charge in [0.05, 0.1) is 10.7 Å². The summed E-state index contributed by atoms with van der Waals surface area (Å²) in [5, 5.41) is 10.0. The highest BCUT2D eigenvalue weighted by Gasteiger charge is 2.17. The molecule has 0 saturated carbocycles. The highest BCUT2D eigenvalue weighted by Crippen LogP contribution is 2.20. The second-order valence-corrected chi connectivity index (χ2v) is 7.52. The van der Waals surface area contributed by atoms with Gasteiger partial charge in [0.1, 0.15) is 0 Å². The highest BCUT2D eigenvalue weighted by atomic mass is 32.1. The summed E-state index contributed by atoms with van der Waals surface area (Å²) in [5.41, 5.74) is 1.17. The lowest BCUT2D eigenvalue weighted by Crippen LogP contribution is -2.38. The molecule has 0 aliphatic carbocycles. The average molecular weight is 352 g/mol. The molecule has 2 rings (SSSR count). The molecular formula is C18H33N5S. The topological polar surface area (TPSA) is 52.6 Å². The van der Waals surface area contributed by atoms with Crippen LogP contribution in [0.1, 0.15) is 43.8 Å². The largest absolute Gasteiger partial charge is 0.357 e. The van der Waals surface area contributed by atoms with Gasteiger partial charge in [-0.1, -0.05) is 6.92 Å². The predicted molar refractivity (Wildman–Crippen MR) is 104 cm³/mol. The number of aromatic nitrogens is 1. The Morgan fingerprint density at radius 2 is 2.12 bits per heavy atom. The molecule has 1 aliphatic heterocycles. The minimum Gasteiger partial charge on any atom is -0.357 e. The van der Waals surface area contributed by atoms with Gasteiger partial charge in [0, 0.05) is 31.4 Å². The molecule has 0 unspecified atom stereocenters. The first-order valence-corrected chi connectivity index (χ1v) is 10.2. The summed E-state index contributed by atoms with van der Waals surface area (Å²) < 4.78 is 0. The third-order valence-electron chi connectivity index (χ3n) is 4.65. The molecule has 0 atom stereocenters. The quantitative estimate of drug-likeness (QED) is 0.558. The van der Waals surface area contributed by atoms with Crippen LogP contribution in [0.15, 0.2) is 10.4 Å². The predicted octanol–water partition coefficient (Wildman–Crippen LogP) is 2.67. The van der Waals surface area contributed by atoms with Crippen molar-refractivity contribution >= 4 is 17.3 Å². The number of nitrogens with zero attached hydrogens (tertiary/aromatic N) is 3. The minimum atomic E-state index is 0.845. The van der Waals surface area contributed by atoms with Gasteiger partial charge in [-0.05, 0) is 58.7 Å². The first-order chi connectivity index (χ1) is 11.7. The number of guanidine groups is 1. The second kappa shape index (κ2) is 10.7. The van der Waals surface area contributed by atoms with Crippen LogP contribution in [0.3, 0.4) is 0 Å². The Kier molecular flexibility index (Phi) is 8.53. The fourth-order valence-corrected chi connectivity index (χ4v) is 3.77. The Morgan fingerprint density at radius 3 is 2.75 bits per heavy atom. The van der Waals surface area contributed by atoms with Gasteiger partial charge in [-0.15, -0.1) is 11.3 Å². The van der Waals surface area contributed by atoms with Crippen LogP contribution in [0.2, 0.25) is 0 Å². The van der Waals surface area contributed by atoms with Crippen LogP contribution in [-0.2, 0) is 6.42 Å². The lowest BCUT2D eigenvalue weighted by Gasteiger charge is -2.30. The Balaban J connectivity index is 1.68. The van der Waals surface area contributed by atoms with Crippen molar-refractivity contribution in [1.82, 2.24) is 20.5 Å². The van der Waals surface area contributed by atoms with E-state index in [0.29, 0.717) is 0 Å². The zero-order valence-electron chi connectivity index (χ0n) is 15.5. The summed E-state index contributed by atoms with van der Waals surface area (Å²) in [4.78, 5) is 11.8. The molecule has 2 heterocycles. The molecule has 2 N–H and O–H groups in total. The molecule has 1 fully saturated rings. The lowest BCUT2D eigenvalue weighted by molar-refractivity contribution is 0.188. The van der Waals surface area contributed by atoms with Crippen LogP contribution < -0.4 is 10.6 Å². The summed E-state index contributed by atoms with van der Waals surface area (Å²) in [7, 11) is 0. The van der Waals surface area contributed by atoms with E-state index in [2.05, 4.69) is 46.7 Å². The molecule has 136 valence electrons. The minimum absolute atomic E-state index is 0.845. The zero-order chi connectivity index (χ0) is 17.2. The van der Waals surface area contributed by atoms with Crippen molar-refractivity contribution in [1.29, 1.82) is 0 Å². The van der Waals surface area contributed by atoms with Gasteiger partial charge in [0.2, 0.25) is 0 Å². The smallest absolute Gasteiger partial charge is 0.191 e. The van der Waals surface area contributed by atoms with E-state index >= 15 is 0 Å². The molecule has 0 bridgehead atoms. The Morgan fingerprint density at radius 1 is 1.33 bits per heavy atom. The normalized spacial score (nSPS) is 17.2. The van der Waals surface area contributed by atoms with E-state index in [-0.39, 0.29) is 0 Å². The molecular weight excluding hydrogens is 318 g/mol. The lowest BCUT2D eigenvalue weighted by atomic mass is 9.94. The maximum absolute atomic E-state index is 4.75. The summed E-state index contributed by atoms with van der Waals surface area (Å²) in [6.45, 7) is 12.8. The average Bonchev–Trinajstić information content (AvgIpc) is 3.01. The van der Waals surface area contributed by atoms with Crippen LogP contribution in [0.5, 0.6) is 0 Å². The molecule has 24 heavy (non-hydrogen) atoms. The van der Waals surface area contributed by atoms with Crippen molar-refractivity contribution in [3.63, 3.8) is 0 Å². The maximum Gasteiger partial charge on any atom is 0.191 e. The number of rotatable bonds is 8. The molecule has 6 heteroatoms. The van der Waals surface area contributed by atoms with Gasteiger partial charge in [0.25, 0.3) is 0 Å². The number of aliphatic imine (C=N–C) groups is 1. The molecule has 0 amide bonds. The third kappa shape index (κ3) is 6.77. The van der Waals surface area contributed by atoms with Gasteiger partial charge in [-0.2, -0.15) is 0 Å². The van der Waals surface area contributed by atoms with Crippen LogP contribution in [0.4, 0.5) is 0 Å². The van der Waals surface area contributed by atoms with Crippen LogP contribution in [0, 0.1) is 12.8 Å². The summed E-state index contributed by atoms with van der Waals surface area (Å²) in [5.74, 6) is 1.79. The third-order valence-corrected chi connectivity index (χ3v) is 5.47. The van der Waals surface area contributed by atoms with Crippen molar-refractivity contribution in [2.75, 3.05) is 39.3 Å². The van der Waals surface area contributed by atoms with Gasteiger partial charge in [-0.25, -0.2) is 4.98 Å². The van der Waals surface area contributed by atoms with Gasteiger partial charge in [-0.3, -0.25) is 4.99 Å². The molecule has 0 spiro atoms. The molecule has 1 saturated heterocycles. The first kappa shape index (κ1) is 19.2. The van der Waals surface area contributed by atoms with Gasteiger partial charge in [0.15, 0.2) is 5.96 Å². The monoisotopic (exact) mass is 351 g/mol. The van der Waals surface area contributed by atoms with E-state index < -0.39 is 0 Å². The van der Waals surface area contributed by atoms with Gasteiger partial charge < -0.3 is 15.5 Å². The molecule has 0 aromatic carbocycles. The molecule has 0 radical (unpaired) electrons. The number of thiazole rings is 1. The molecule has 5 nitrogen and oxygen atoms in total. The molecule has 1 aromatic heterocycles. The number of piperidine rings is 1. The Hall–Kier alpha value is -1.14. The number of likely N-dealkylation sites (tertiary alicyclic amines) is 1. The molecule has 1 aliphatic rings. The van der Waals surface area contributed by atoms with Crippen LogP contribution >= 0.6 is 11.3 Å². The van der Waals surface area contributed by atoms with Gasteiger partial charge >= 0.3 is 0 Å². The van der Waals surface area contributed by atoms with Crippen molar-refractivity contribution in [2.45, 2.75) is 46.5 Å².